The molecule has 5 rings (SSSR count). The van der Waals surface area contributed by atoms with Crippen molar-refractivity contribution in [3.05, 3.63) is 78.9 Å². The summed E-state index contributed by atoms with van der Waals surface area (Å²) in [6.45, 7) is 7.20. The number of hydrogen-bond acceptors (Lipinski definition) is 4. The van der Waals surface area contributed by atoms with Crippen LogP contribution in [-0.4, -0.2) is 26.2 Å². The summed E-state index contributed by atoms with van der Waals surface area (Å²) < 4.78 is 7.71. The van der Waals surface area contributed by atoms with Crippen LogP contribution in [0.25, 0.3) is 39.0 Å². The molecule has 6 nitrogen and oxygen atoms in total. The van der Waals surface area contributed by atoms with Crippen molar-refractivity contribution in [2.75, 3.05) is 6.54 Å². The molecule has 0 amide bonds. The number of H-pyrrole nitrogens is 1. The van der Waals surface area contributed by atoms with Crippen molar-refractivity contribution in [2.45, 2.75) is 45.1 Å². The van der Waals surface area contributed by atoms with Crippen LogP contribution in [0.15, 0.2) is 72.2 Å². The van der Waals surface area contributed by atoms with E-state index in [9.17, 15) is 5.11 Å². The number of benzene rings is 2. The third-order valence-corrected chi connectivity index (χ3v) is 6.91. The van der Waals surface area contributed by atoms with Crippen molar-refractivity contribution < 1.29 is 9.52 Å². The van der Waals surface area contributed by atoms with E-state index in [1.165, 1.54) is 0 Å². The average Bonchev–Trinajstić information content (AvgIpc) is 3.65. The summed E-state index contributed by atoms with van der Waals surface area (Å²) in [6.07, 6.45) is 15.6. The lowest BCUT2D eigenvalue weighted by Crippen LogP contribution is -2.15. The Morgan fingerprint density at radius 1 is 1.24 bits per heavy atom. The maximum Gasteiger partial charge on any atom is 0.144 e. The van der Waals surface area contributed by atoms with E-state index in [1.54, 1.807) is 24.7 Å². The zero-order valence-electron chi connectivity index (χ0n) is 21.1. The third-order valence-electron chi connectivity index (χ3n) is 6.91. The molecule has 0 saturated heterocycles. The first-order chi connectivity index (χ1) is 18.1. The van der Waals surface area contributed by atoms with Gasteiger partial charge in [0, 0.05) is 41.8 Å². The summed E-state index contributed by atoms with van der Waals surface area (Å²) in [4.78, 5) is 8.29. The fourth-order valence-electron chi connectivity index (χ4n) is 5.06. The summed E-state index contributed by atoms with van der Waals surface area (Å²) in [5, 5.41) is 14.3. The molecule has 3 aromatic heterocycles. The van der Waals surface area contributed by atoms with Gasteiger partial charge in [-0.15, -0.1) is 12.3 Å². The number of rotatable bonds is 11. The van der Waals surface area contributed by atoms with Crippen LogP contribution < -0.4 is 5.32 Å². The number of aromatic amines is 1. The first-order valence-corrected chi connectivity index (χ1v) is 12.8. The van der Waals surface area contributed by atoms with E-state index in [0.717, 1.165) is 88.8 Å². The number of imidazole rings is 1. The van der Waals surface area contributed by atoms with Gasteiger partial charge in [-0.05, 0) is 66.8 Å². The fourth-order valence-corrected chi connectivity index (χ4v) is 5.06. The minimum Gasteiger partial charge on any atom is -0.508 e. The SMILES string of the molecule is C#CCCC(CCC)n1c(-c2ccoc2)nc2cc(C(=C)NCCc3c[nH]c4ccc(O)cc34)ccc21. The zero-order chi connectivity index (χ0) is 25.8. The second-order valence-electron chi connectivity index (χ2n) is 9.41. The maximum atomic E-state index is 9.85. The Kier molecular flexibility index (Phi) is 7.04. The molecule has 0 saturated carbocycles. The highest BCUT2D eigenvalue weighted by molar-refractivity contribution is 5.85. The van der Waals surface area contributed by atoms with Gasteiger partial charge in [0.2, 0.25) is 0 Å². The van der Waals surface area contributed by atoms with Crippen molar-refractivity contribution in [1.29, 1.82) is 0 Å². The van der Waals surface area contributed by atoms with Crippen LogP contribution in [0.2, 0.25) is 0 Å². The molecule has 3 N–H and O–H groups in total. The van der Waals surface area contributed by atoms with E-state index >= 15 is 0 Å². The second kappa shape index (κ2) is 10.7. The largest absolute Gasteiger partial charge is 0.508 e. The zero-order valence-corrected chi connectivity index (χ0v) is 21.1. The molecule has 0 aliphatic heterocycles. The molecular formula is C31H32N4O2. The van der Waals surface area contributed by atoms with Gasteiger partial charge in [-0.2, -0.15) is 0 Å². The van der Waals surface area contributed by atoms with Gasteiger partial charge in [0.15, 0.2) is 0 Å². The van der Waals surface area contributed by atoms with Crippen LogP contribution in [0, 0.1) is 12.3 Å². The molecule has 0 radical (unpaired) electrons. The van der Waals surface area contributed by atoms with Gasteiger partial charge in [0.1, 0.15) is 17.8 Å². The highest BCUT2D eigenvalue weighted by atomic mass is 16.3. The van der Waals surface area contributed by atoms with Crippen LogP contribution in [0.4, 0.5) is 0 Å². The number of aromatic hydroxyl groups is 1. The van der Waals surface area contributed by atoms with Gasteiger partial charge >= 0.3 is 0 Å². The lowest BCUT2D eigenvalue weighted by atomic mass is 10.0. The summed E-state index contributed by atoms with van der Waals surface area (Å²) in [5.74, 6) is 3.97. The number of terminal acetylenes is 1. The predicted molar refractivity (Wildman–Crippen MR) is 150 cm³/mol. The quantitative estimate of drug-likeness (QED) is 0.173. The molecule has 1 atom stereocenters. The van der Waals surface area contributed by atoms with E-state index < -0.39 is 0 Å². The Morgan fingerprint density at radius 3 is 2.92 bits per heavy atom. The molecule has 1 unspecified atom stereocenters. The van der Waals surface area contributed by atoms with Gasteiger partial charge in [-0.1, -0.05) is 26.0 Å². The number of fused-ring (bicyclic) bond motifs is 2. The smallest absolute Gasteiger partial charge is 0.144 e. The van der Waals surface area contributed by atoms with Gasteiger partial charge < -0.3 is 24.4 Å². The predicted octanol–water partition coefficient (Wildman–Crippen LogP) is 7.04. The van der Waals surface area contributed by atoms with Gasteiger partial charge in [0.25, 0.3) is 0 Å². The number of nitrogens with zero attached hydrogens (tertiary/aromatic N) is 2. The van der Waals surface area contributed by atoms with Crippen LogP contribution >= 0.6 is 0 Å². The summed E-state index contributed by atoms with van der Waals surface area (Å²) in [7, 11) is 0. The molecule has 0 fully saturated rings. The Hall–Kier alpha value is -4.37. The number of nitrogens with one attached hydrogen (secondary N) is 2. The summed E-state index contributed by atoms with van der Waals surface area (Å²) in [6, 6.07) is 13.9. The first-order valence-electron chi connectivity index (χ1n) is 12.8. The highest BCUT2D eigenvalue weighted by Gasteiger charge is 2.21. The van der Waals surface area contributed by atoms with Crippen LogP contribution in [0.1, 0.15) is 49.8 Å². The van der Waals surface area contributed by atoms with E-state index in [0.29, 0.717) is 0 Å². The molecule has 188 valence electrons. The maximum absolute atomic E-state index is 9.85. The Balaban J connectivity index is 1.38. The minimum atomic E-state index is 0.263. The standard InChI is InChI=1S/C31H32N4O2/c1-4-6-8-25(7-5-2)35-30-12-9-22(17-29(30)34-31(35)24-14-16-37-20-24)21(3)32-15-13-23-19-33-28-11-10-26(36)18-27(23)28/h1,9-12,14,16-20,25,32-33,36H,3,5-8,13,15H2,2H3. The number of aromatic nitrogens is 3. The highest BCUT2D eigenvalue weighted by Crippen LogP contribution is 2.34. The van der Waals surface area contributed by atoms with Gasteiger partial charge in [-0.3, -0.25) is 0 Å². The van der Waals surface area contributed by atoms with Crippen LogP contribution in [0.3, 0.4) is 0 Å². The second-order valence-corrected chi connectivity index (χ2v) is 9.41. The topological polar surface area (TPSA) is 79.0 Å². The van der Waals surface area contributed by atoms with E-state index in [-0.39, 0.29) is 11.8 Å². The van der Waals surface area contributed by atoms with Gasteiger partial charge in [0.05, 0.1) is 22.9 Å². The van der Waals surface area contributed by atoms with Crippen molar-refractivity contribution in [1.82, 2.24) is 19.9 Å². The normalized spacial score (nSPS) is 12.1. The lowest BCUT2D eigenvalue weighted by molar-refractivity contribution is 0.449. The van der Waals surface area contributed by atoms with Crippen LogP contribution in [0.5, 0.6) is 5.75 Å². The number of phenolic OH excluding ortho intramolecular Hbond substituents is 1. The molecule has 0 aliphatic carbocycles. The number of phenols is 1. The van der Waals surface area contributed by atoms with E-state index in [4.69, 9.17) is 15.8 Å². The van der Waals surface area contributed by atoms with Gasteiger partial charge in [-0.25, -0.2) is 4.98 Å². The number of hydrogen-bond donors (Lipinski definition) is 3. The minimum absolute atomic E-state index is 0.263. The van der Waals surface area contributed by atoms with E-state index in [2.05, 4.69) is 52.5 Å². The molecule has 37 heavy (non-hydrogen) atoms. The Labute approximate surface area is 217 Å². The third kappa shape index (κ3) is 4.99. The molecular weight excluding hydrogens is 460 g/mol. The fraction of sp³-hybridized carbons (Fsp3) is 0.258. The van der Waals surface area contributed by atoms with Crippen molar-refractivity contribution in [2.24, 2.45) is 0 Å². The van der Waals surface area contributed by atoms with Crippen molar-refractivity contribution in [3.63, 3.8) is 0 Å². The summed E-state index contributed by atoms with van der Waals surface area (Å²) in [5.41, 5.74) is 6.99. The Morgan fingerprint density at radius 2 is 2.14 bits per heavy atom. The average molecular weight is 493 g/mol. The van der Waals surface area contributed by atoms with Crippen LogP contribution in [-0.2, 0) is 6.42 Å². The molecule has 0 aliphatic rings. The van der Waals surface area contributed by atoms with Crippen molar-refractivity contribution >= 4 is 27.6 Å². The molecule has 3 heterocycles. The van der Waals surface area contributed by atoms with Crippen molar-refractivity contribution in [3.8, 4) is 29.5 Å². The first kappa shape index (κ1) is 24.3. The summed E-state index contributed by atoms with van der Waals surface area (Å²) >= 11 is 0. The molecule has 2 aromatic carbocycles. The number of furan rings is 1. The lowest BCUT2D eigenvalue weighted by Gasteiger charge is -2.20. The van der Waals surface area contributed by atoms with E-state index in [1.807, 2.05) is 18.3 Å². The molecule has 6 heteroatoms. The monoisotopic (exact) mass is 492 g/mol. The molecule has 0 bridgehead atoms. The Bertz CT molecular complexity index is 1570. The molecule has 0 spiro atoms. The molecule has 5 aromatic rings.